The van der Waals surface area contributed by atoms with Crippen LogP contribution in [0.2, 0.25) is 0 Å². The fraction of sp³-hybridized carbons (Fsp3) is 0.833. The number of carbonyl (C=O) groups excluding carboxylic acids is 2. The van der Waals surface area contributed by atoms with Gasteiger partial charge in [0.25, 0.3) is 0 Å². The molecule has 0 spiro atoms. The van der Waals surface area contributed by atoms with Gasteiger partial charge in [-0.15, -0.1) is 0 Å². The van der Waals surface area contributed by atoms with Crippen molar-refractivity contribution < 1.29 is 38.2 Å². The molecular formula is C54H100NO7+. The zero-order valence-electron chi connectivity index (χ0n) is 41.3. The Bertz CT molecular complexity index is 1110. The molecule has 0 aliphatic rings. The minimum atomic E-state index is -0.872. The third-order valence-corrected chi connectivity index (χ3v) is 11.8. The standard InChI is InChI=1S/C54H99NO7/c1-6-8-10-12-14-16-18-20-22-23-24-25-26-27-28-29-31-33-35-37-39-41-43-45-53(57)62-50(48-60-47-46-51(54(58)59)55(3,4)5)49-61-52(56)44-42-40-38-36-34-32-30-21-19-17-15-13-11-9-7-2/h8,10,14,16,20,22,50-51H,6-7,9,11-13,15,17-19,21,23-49H2,1-5H3/p+1/b10-8+,16-14+,22-20+. The number of carboxylic acid groups (broad SMARTS) is 1. The molecule has 0 bridgehead atoms. The molecule has 0 fully saturated rings. The van der Waals surface area contributed by atoms with E-state index in [1.807, 2.05) is 21.1 Å². The van der Waals surface area contributed by atoms with Gasteiger partial charge < -0.3 is 23.8 Å². The quantitative estimate of drug-likeness (QED) is 0.0281. The van der Waals surface area contributed by atoms with E-state index in [9.17, 15) is 19.5 Å². The molecule has 1 N–H and O–H groups in total. The maximum absolute atomic E-state index is 12.8. The van der Waals surface area contributed by atoms with E-state index in [2.05, 4.69) is 50.3 Å². The Morgan fingerprint density at radius 2 is 0.903 bits per heavy atom. The number of nitrogens with zero attached hydrogens (tertiary/aromatic N) is 1. The van der Waals surface area contributed by atoms with Gasteiger partial charge in [0, 0.05) is 19.3 Å². The number of unbranched alkanes of at least 4 members (excludes halogenated alkanes) is 27. The third kappa shape index (κ3) is 42.8. The molecule has 0 heterocycles. The Morgan fingerprint density at radius 3 is 1.34 bits per heavy atom. The van der Waals surface area contributed by atoms with Crippen molar-refractivity contribution in [2.45, 2.75) is 251 Å². The molecule has 62 heavy (non-hydrogen) atoms. The summed E-state index contributed by atoms with van der Waals surface area (Å²) in [5.41, 5.74) is 0. The van der Waals surface area contributed by atoms with Crippen LogP contribution in [0, 0.1) is 0 Å². The third-order valence-electron chi connectivity index (χ3n) is 11.8. The number of allylic oxidation sites excluding steroid dienone is 6. The first-order valence-electron chi connectivity index (χ1n) is 26.0. The van der Waals surface area contributed by atoms with Gasteiger partial charge in [-0.2, -0.15) is 0 Å². The first-order valence-corrected chi connectivity index (χ1v) is 26.0. The largest absolute Gasteiger partial charge is 0.477 e. The highest BCUT2D eigenvalue weighted by Crippen LogP contribution is 2.16. The second-order valence-electron chi connectivity index (χ2n) is 18.8. The van der Waals surface area contributed by atoms with Crippen LogP contribution in [-0.2, 0) is 28.6 Å². The molecule has 0 aromatic rings. The number of esters is 2. The van der Waals surface area contributed by atoms with E-state index in [1.165, 1.54) is 148 Å². The fourth-order valence-electron chi connectivity index (χ4n) is 7.81. The van der Waals surface area contributed by atoms with Crippen molar-refractivity contribution in [1.82, 2.24) is 0 Å². The van der Waals surface area contributed by atoms with E-state index in [0.717, 1.165) is 57.8 Å². The lowest BCUT2D eigenvalue weighted by Crippen LogP contribution is -2.50. The van der Waals surface area contributed by atoms with Crippen molar-refractivity contribution >= 4 is 17.9 Å². The van der Waals surface area contributed by atoms with Crippen LogP contribution in [0.25, 0.3) is 0 Å². The summed E-state index contributed by atoms with van der Waals surface area (Å²) in [4.78, 5) is 37.2. The minimum absolute atomic E-state index is 0.0469. The zero-order valence-corrected chi connectivity index (χ0v) is 41.3. The number of ether oxygens (including phenoxy) is 3. The summed E-state index contributed by atoms with van der Waals surface area (Å²) in [5.74, 6) is -1.45. The second kappa shape index (κ2) is 45.1. The summed E-state index contributed by atoms with van der Waals surface area (Å²) >= 11 is 0. The maximum atomic E-state index is 12.8. The van der Waals surface area contributed by atoms with Gasteiger partial charge in [-0.05, 0) is 44.9 Å². The van der Waals surface area contributed by atoms with E-state index >= 15 is 0 Å². The van der Waals surface area contributed by atoms with Gasteiger partial charge in [-0.25, -0.2) is 4.79 Å². The van der Waals surface area contributed by atoms with Crippen LogP contribution in [0.15, 0.2) is 36.5 Å². The van der Waals surface area contributed by atoms with Crippen LogP contribution in [0.1, 0.15) is 239 Å². The Hall–Kier alpha value is -2.45. The number of hydrogen-bond acceptors (Lipinski definition) is 6. The molecule has 0 aliphatic heterocycles. The molecule has 8 heteroatoms. The normalized spacial score (nSPS) is 13.1. The topological polar surface area (TPSA) is 99.1 Å². The molecular weight excluding hydrogens is 775 g/mol. The number of hydrogen-bond donors (Lipinski definition) is 1. The zero-order chi connectivity index (χ0) is 45.6. The molecule has 2 unspecified atom stereocenters. The van der Waals surface area contributed by atoms with Gasteiger partial charge in [-0.1, -0.05) is 211 Å². The summed E-state index contributed by atoms with van der Waals surface area (Å²) in [7, 11) is 5.54. The Balaban J connectivity index is 4.18. The summed E-state index contributed by atoms with van der Waals surface area (Å²) in [5, 5.41) is 9.65. The average Bonchev–Trinajstić information content (AvgIpc) is 3.23. The summed E-state index contributed by atoms with van der Waals surface area (Å²) in [6.07, 6.45) is 53.3. The molecule has 0 saturated carbocycles. The fourth-order valence-corrected chi connectivity index (χ4v) is 7.81. The van der Waals surface area contributed by atoms with Crippen LogP contribution in [0.5, 0.6) is 0 Å². The Morgan fingerprint density at radius 1 is 0.500 bits per heavy atom. The molecule has 0 radical (unpaired) electrons. The molecule has 0 rings (SSSR count). The van der Waals surface area contributed by atoms with Crippen molar-refractivity contribution in [2.75, 3.05) is 41.0 Å². The van der Waals surface area contributed by atoms with Gasteiger partial charge in [0.15, 0.2) is 12.1 Å². The summed E-state index contributed by atoms with van der Waals surface area (Å²) < 4.78 is 17.4. The molecule has 2 atom stereocenters. The number of likely N-dealkylation sites (N-methyl/N-ethyl adjacent to an activating group) is 1. The lowest BCUT2D eigenvalue weighted by molar-refractivity contribution is -0.887. The van der Waals surface area contributed by atoms with E-state index < -0.39 is 18.1 Å². The number of aliphatic carboxylic acids is 1. The number of rotatable bonds is 47. The van der Waals surface area contributed by atoms with Crippen LogP contribution in [0.3, 0.4) is 0 Å². The van der Waals surface area contributed by atoms with Crippen molar-refractivity contribution in [1.29, 1.82) is 0 Å². The van der Waals surface area contributed by atoms with Gasteiger partial charge in [0.2, 0.25) is 0 Å². The first kappa shape index (κ1) is 59.5. The number of carbonyl (C=O) groups is 3. The van der Waals surface area contributed by atoms with Crippen molar-refractivity contribution in [3.8, 4) is 0 Å². The van der Waals surface area contributed by atoms with Gasteiger partial charge in [0.1, 0.15) is 6.61 Å². The highest BCUT2D eigenvalue weighted by Gasteiger charge is 2.31. The van der Waals surface area contributed by atoms with E-state index in [1.54, 1.807) is 0 Å². The molecule has 362 valence electrons. The predicted octanol–water partition coefficient (Wildman–Crippen LogP) is 15.0. The Labute approximate surface area is 383 Å². The van der Waals surface area contributed by atoms with Crippen molar-refractivity contribution in [3.63, 3.8) is 0 Å². The number of carboxylic acids is 1. The summed E-state index contributed by atoms with van der Waals surface area (Å²) in [6, 6.07) is -0.613. The molecule has 0 aliphatic carbocycles. The number of quaternary nitrogens is 1. The van der Waals surface area contributed by atoms with Crippen molar-refractivity contribution in [2.24, 2.45) is 0 Å². The summed E-state index contributed by atoms with van der Waals surface area (Å²) in [6.45, 7) is 4.66. The average molecular weight is 875 g/mol. The predicted molar refractivity (Wildman–Crippen MR) is 261 cm³/mol. The van der Waals surface area contributed by atoms with Crippen LogP contribution in [-0.4, -0.2) is 80.6 Å². The minimum Gasteiger partial charge on any atom is -0.477 e. The lowest BCUT2D eigenvalue weighted by atomic mass is 10.0. The van der Waals surface area contributed by atoms with Crippen LogP contribution < -0.4 is 0 Å². The SMILES string of the molecule is CC/C=C/C/C=C/C/C=C/CCCCCCCCCCCCCCCC(=O)OC(COCCC(C(=O)O)[N+](C)(C)C)COC(=O)CCCCCCCCCCCCCCCCC. The van der Waals surface area contributed by atoms with E-state index in [-0.39, 0.29) is 36.2 Å². The first-order chi connectivity index (χ1) is 30.1. The van der Waals surface area contributed by atoms with E-state index in [4.69, 9.17) is 14.2 Å². The molecule has 0 aromatic carbocycles. The van der Waals surface area contributed by atoms with Gasteiger partial charge in [-0.3, -0.25) is 9.59 Å². The van der Waals surface area contributed by atoms with Gasteiger partial charge >= 0.3 is 17.9 Å². The Kier molecular flexibility index (Phi) is 43.3. The molecule has 0 saturated heterocycles. The molecule has 0 aromatic heterocycles. The molecule has 8 nitrogen and oxygen atoms in total. The van der Waals surface area contributed by atoms with Gasteiger partial charge in [0.05, 0.1) is 34.4 Å². The monoisotopic (exact) mass is 875 g/mol. The highest BCUT2D eigenvalue weighted by atomic mass is 16.6. The molecule has 0 amide bonds. The van der Waals surface area contributed by atoms with E-state index in [0.29, 0.717) is 19.3 Å². The van der Waals surface area contributed by atoms with Crippen molar-refractivity contribution in [3.05, 3.63) is 36.5 Å². The smallest absolute Gasteiger partial charge is 0.362 e. The maximum Gasteiger partial charge on any atom is 0.362 e. The van der Waals surface area contributed by atoms with Crippen LogP contribution >= 0.6 is 0 Å². The highest BCUT2D eigenvalue weighted by molar-refractivity contribution is 5.72. The second-order valence-corrected chi connectivity index (χ2v) is 18.8. The van der Waals surface area contributed by atoms with Crippen LogP contribution in [0.4, 0.5) is 0 Å². The lowest BCUT2D eigenvalue weighted by Gasteiger charge is -2.31.